The zero-order chi connectivity index (χ0) is 17.4. The van der Waals surface area contributed by atoms with Crippen molar-refractivity contribution in [2.24, 2.45) is 0 Å². The number of carbonyl (C=O) groups is 2. The topological polar surface area (TPSA) is 94.1 Å². The first-order valence-corrected chi connectivity index (χ1v) is 7.95. The van der Waals surface area contributed by atoms with Crippen molar-refractivity contribution in [2.75, 3.05) is 26.9 Å². The molecule has 1 atom stereocenters. The average molecular weight is 337 g/mol. The summed E-state index contributed by atoms with van der Waals surface area (Å²) in [7, 11) is 1.53. The van der Waals surface area contributed by atoms with Crippen molar-refractivity contribution in [3.8, 4) is 5.75 Å². The molecule has 0 spiro atoms. The van der Waals surface area contributed by atoms with Gasteiger partial charge in [0.2, 0.25) is 5.91 Å². The number of hydrogen-bond donors (Lipinski definition) is 2. The number of nitrogens with one attached hydrogen (secondary N) is 1. The fourth-order valence-electron chi connectivity index (χ4n) is 2.48. The highest BCUT2D eigenvalue weighted by molar-refractivity contribution is 5.84. The van der Waals surface area contributed by atoms with Gasteiger partial charge >= 0.3 is 5.97 Å². The Labute approximate surface area is 140 Å². The molecule has 1 aliphatic heterocycles. The van der Waals surface area contributed by atoms with Crippen molar-refractivity contribution in [1.82, 2.24) is 5.32 Å². The Balaban J connectivity index is 1.82. The van der Waals surface area contributed by atoms with E-state index in [1.165, 1.54) is 7.11 Å². The molecule has 1 amide bonds. The number of rotatable bonds is 8. The van der Waals surface area contributed by atoms with E-state index in [1.807, 2.05) is 0 Å². The van der Waals surface area contributed by atoms with E-state index < -0.39 is 12.0 Å². The summed E-state index contributed by atoms with van der Waals surface area (Å²) < 4.78 is 15.9. The Morgan fingerprint density at radius 1 is 1.29 bits per heavy atom. The maximum absolute atomic E-state index is 12.0. The molecular weight excluding hydrogens is 314 g/mol. The fourth-order valence-corrected chi connectivity index (χ4v) is 2.48. The predicted octanol–water partition coefficient (Wildman–Crippen LogP) is 1.52. The van der Waals surface area contributed by atoms with Crippen molar-refractivity contribution in [2.45, 2.75) is 31.4 Å². The van der Waals surface area contributed by atoms with Crippen LogP contribution in [-0.2, 0) is 19.1 Å². The molecule has 0 saturated carbocycles. The summed E-state index contributed by atoms with van der Waals surface area (Å²) in [6, 6.07) is 5.47. The molecule has 0 aromatic heterocycles. The predicted molar refractivity (Wildman–Crippen MR) is 85.9 cm³/mol. The zero-order valence-corrected chi connectivity index (χ0v) is 13.7. The minimum Gasteiger partial charge on any atom is -0.497 e. The molecule has 7 nitrogen and oxygen atoms in total. The third kappa shape index (κ3) is 5.50. The van der Waals surface area contributed by atoms with Crippen molar-refractivity contribution in [3.63, 3.8) is 0 Å². The van der Waals surface area contributed by atoms with Gasteiger partial charge in [-0.1, -0.05) is 12.1 Å². The molecule has 2 rings (SSSR count). The van der Waals surface area contributed by atoms with Crippen LogP contribution in [0.1, 0.15) is 30.9 Å². The van der Waals surface area contributed by atoms with Crippen molar-refractivity contribution in [3.05, 3.63) is 29.8 Å². The SMILES string of the molecule is COc1ccc(C(NC(=O)CCOC2CCOCC2)C(=O)O)cc1. The van der Waals surface area contributed by atoms with Crippen molar-refractivity contribution in [1.29, 1.82) is 0 Å². The number of amides is 1. The summed E-state index contributed by atoms with van der Waals surface area (Å²) in [5.74, 6) is -0.844. The summed E-state index contributed by atoms with van der Waals surface area (Å²) in [5.41, 5.74) is 0.488. The van der Waals surface area contributed by atoms with E-state index in [9.17, 15) is 14.7 Å². The van der Waals surface area contributed by atoms with Gasteiger partial charge in [-0.2, -0.15) is 0 Å². The van der Waals surface area contributed by atoms with E-state index in [4.69, 9.17) is 14.2 Å². The number of carboxylic acid groups (broad SMARTS) is 1. The third-order valence-corrected chi connectivity index (χ3v) is 3.85. The van der Waals surface area contributed by atoms with E-state index in [0.29, 0.717) is 24.5 Å². The number of aliphatic carboxylic acids is 1. The van der Waals surface area contributed by atoms with Gasteiger partial charge in [0.15, 0.2) is 6.04 Å². The highest BCUT2D eigenvalue weighted by Gasteiger charge is 2.22. The fraction of sp³-hybridized carbons (Fsp3) is 0.529. The molecule has 0 aliphatic carbocycles. The Morgan fingerprint density at radius 3 is 2.54 bits per heavy atom. The molecular formula is C17H23NO6. The first-order chi connectivity index (χ1) is 11.6. The van der Waals surface area contributed by atoms with E-state index in [2.05, 4.69) is 5.32 Å². The van der Waals surface area contributed by atoms with E-state index >= 15 is 0 Å². The van der Waals surface area contributed by atoms with Crippen LogP contribution in [-0.4, -0.2) is 50.0 Å². The third-order valence-electron chi connectivity index (χ3n) is 3.85. The van der Waals surface area contributed by atoms with Gasteiger partial charge in [0, 0.05) is 13.2 Å². The molecule has 0 radical (unpaired) electrons. The van der Waals surface area contributed by atoms with Crippen LogP contribution >= 0.6 is 0 Å². The molecule has 1 aromatic carbocycles. The summed E-state index contributed by atoms with van der Waals surface area (Å²) in [4.78, 5) is 23.4. The minimum absolute atomic E-state index is 0.114. The van der Waals surface area contributed by atoms with Gasteiger partial charge in [-0.15, -0.1) is 0 Å². The van der Waals surface area contributed by atoms with E-state index in [1.54, 1.807) is 24.3 Å². The summed E-state index contributed by atoms with van der Waals surface area (Å²) >= 11 is 0. The maximum atomic E-state index is 12.0. The number of carbonyl (C=O) groups excluding carboxylic acids is 1. The van der Waals surface area contributed by atoms with Crippen LogP contribution in [0.3, 0.4) is 0 Å². The first kappa shape index (κ1) is 18.2. The van der Waals surface area contributed by atoms with Crippen LogP contribution in [0.15, 0.2) is 24.3 Å². The highest BCUT2D eigenvalue weighted by atomic mass is 16.5. The van der Waals surface area contributed by atoms with Gasteiger partial charge in [-0.05, 0) is 30.5 Å². The van der Waals surface area contributed by atoms with Gasteiger partial charge in [0.25, 0.3) is 0 Å². The lowest BCUT2D eigenvalue weighted by Gasteiger charge is -2.22. The largest absolute Gasteiger partial charge is 0.497 e. The normalized spacial score (nSPS) is 16.4. The summed E-state index contributed by atoms with van der Waals surface area (Å²) in [5, 5.41) is 11.9. The quantitative estimate of drug-likeness (QED) is 0.747. The van der Waals surface area contributed by atoms with Crippen LogP contribution in [0.25, 0.3) is 0 Å². The number of carboxylic acids is 1. The Bertz CT molecular complexity index is 539. The van der Waals surface area contributed by atoms with Gasteiger partial charge in [-0.25, -0.2) is 4.79 Å². The van der Waals surface area contributed by atoms with Crippen LogP contribution < -0.4 is 10.1 Å². The molecule has 1 heterocycles. The Kier molecular flexibility index (Phi) is 7.02. The molecule has 0 bridgehead atoms. The van der Waals surface area contributed by atoms with Crippen LogP contribution in [0.4, 0.5) is 0 Å². The Hall–Kier alpha value is -2.12. The molecule has 2 N–H and O–H groups in total. The zero-order valence-electron chi connectivity index (χ0n) is 13.7. The lowest BCUT2D eigenvalue weighted by molar-refractivity contribution is -0.142. The Morgan fingerprint density at radius 2 is 1.96 bits per heavy atom. The molecule has 1 saturated heterocycles. The lowest BCUT2D eigenvalue weighted by atomic mass is 10.1. The molecule has 1 aliphatic rings. The average Bonchev–Trinajstić information content (AvgIpc) is 2.60. The first-order valence-electron chi connectivity index (χ1n) is 7.95. The standard InChI is InChI=1S/C17H23NO6/c1-22-13-4-2-12(3-5-13)16(17(20)21)18-15(19)8-11-24-14-6-9-23-10-7-14/h2-5,14,16H,6-11H2,1H3,(H,18,19)(H,20,21). The van der Waals surface area contributed by atoms with Gasteiger partial charge in [0.05, 0.1) is 26.2 Å². The van der Waals surface area contributed by atoms with E-state index in [0.717, 1.165) is 12.8 Å². The number of benzene rings is 1. The number of methoxy groups -OCH3 is 1. The van der Waals surface area contributed by atoms with Gasteiger partial charge in [0.1, 0.15) is 5.75 Å². The second kappa shape index (κ2) is 9.24. The van der Waals surface area contributed by atoms with Crippen LogP contribution in [0, 0.1) is 0 Å². The number of ether oxygens (including phenoxy) is 3. The highest BCUT2D eigenvalue weighted by Crippen LogP contribution is 2.18. The smallest absolute Gasteiger partial charge is 0.330 e. The second-order valence-electron chi connectivity index (χ2n) is 5.54. The lowest BCUT2D eigenvalue weighted by Crippen LogP contribution is -2.34. The van der Waals surface area contributed by atoms with E-state index in [-0.39, 0.29) is 25.0 Å². The molecule has 7 heteroatoms. The monoisotopic (exact) mass is 337 g/mol. The molecule has 1 aromatic rings. The number of hydrogen-bond acceptors (Lipinski definition) is 5. The van der Waals surface area contributed by atoms with Crippen molar-refractivity contribution < 1.29 is 28.9 Å². The molecule has 1 unspecified atom stereocenters. The summed E-state index contributed by atoms with van der Waals surface area (Å²) in [6.07, 6.45) is 1.89. The van der Waals surface area contributed by atoms with Crippen molar-refractivity contribution >= 4 is 11.9 Å². The van der Waals surface area contributed by atoms with Gasteiger partial charge in [-0.3, -0.25) is 4.79 Å². The second-order valence-corrected chi connectivity index (χ2v) is 5.54. The minimum atomic E-state index is -1.11. The van der Waals surface area contributed by atoms with Crippen LogP contribution in [0.2, 0.25) is 0 Å². The molecule has 1 fully saturated rings. The van der Waals surface area contributed by atoms with Crippen LogP contribution in [0.5, 0.6) is 5.75 Å². The maximum Gasteiger partial charge on any atom is 0.330 e. The molecule has 132 valence electrons. The summed E-state index contributed by atoms with van der Waals surface area (Å²) in [6.45, 7) is 1.62. The van der Waals surface area contributed by atoms with Gasteiger partial charge < -0.3 is 24.6 Å². The molecule has 24 heavy (non-hydrogen) atoms.